The summed E-state index contributed by atoms with van der Waals surface area (Å²) in [5.74, 6) is 0.790. The zero-order valence-corrected chi connectivity index (χ0v) is 12.1. The molecule has 0 aromatic heterocycles. The quantitative estimate of drug-likeness (QED) is 0.817. The van der Waals surface area contributed by atoms with Gasteiger partial charge in [0.25, 0.3) is 0 Å². The summed E-state index contributed by atoms with van der Waals surface area (Å²) in [5, 5.41) is 3.49. The van der Waals surface area contributed by atoms with Gasteiger partial charge in [-0.05, 0) is 61.8 Å². The predicted octanol–water partition coefficient (Wildman–Crippen LogP) is 4.26. The molecule has 18 heavy (non-hydrogen) atoms. The monoisotopic (exact) mass is 245 g/mol. The Morgan fingerprint density at radius 1 is 1.17 bits per heavy atom. The molecule has 1 N–H and O–H groups in total. The largest absolute Gasteiger partial charge is 0.313 e. The number of rotatable bonds is 5. The van der Waals surface area contributed by atoms with Crippen molar-refractivity contribution in [3.63, 3.8) is 0 Å². The summed E-state index contributed by atoms with van der Waals surface area (Å²) in [5.41, 5.74) is 4.67. The van der Waals surface area contributed by atoms with Crippen molar-refractivity contribution in [2.24, 2.45) is 5.92 Å². The molecule has 0 saturated heterocycles. The minimum atomic E-state index is 0.521. The van der Waals surface area contributed by atoms with E-state index in [9.17, 15) is 0 Å². The molecule has 0 amide bonds. The minimum absolute atomic E-state index is 0.521. The SMILES string of the molecule is CCC(C)CC(NC)c1ccc2c(c1)CCCC2. The Hall–Kier alpha value is -0.820. The van der Waals surface area contributed by atoms with Gasteiger partial charge in [-0.1, -0.05) is 38.5 Å². The highest BCUT2D eigenvalue weighted by Gasteiger charge is 2.15. The van der Waals surface area contributed by atoms with E-state index in [-0.39, 0.29) is 0 Å². The van der Waals surface area contributed by atoms with Crippen LogP contribution in [0.1, 0.15) is 62.3 Å². The molecule has 0 heterocycles. The third-order valence-corrected chi connectivity index (χ3v) is 4.46. The number of aryl methyl sites for hydroxylation is 2. The van der Waals surface area contributed by atoms with Gasteiger partial charge in [0.15, 0.2) is 0 Å². The molecule has 0 spiro atoms. The average Bonchev–Trinajstić information content (AvgIpc) is 2.44. The first-order valence-electron chi connectivity index (χ1n) is 7.53. The molecular formula is C17H27N. The molecule has 0 aliphatic heterocycles. The van der Waals surface area contributed by atoms with E-state index >= 15 is 0 Å². The molecular weight excluding hydrogens is 218 g/mol. The lowest BCUT2D eigenvalue weighted by Crippen LogP contribution is -2.19. The second-order valence-corrected chi connectivity index (χ2v) is 5.83. The lowest BCUT2D eigenvalue weighted by Gasteiger charge is -2.23. The maximum absolute atomic E-state index is 3.49. The van der Waals surface area contributed by atoms with E-state index in [2.05, 4.69) is 44.4 Å². The Morgan fingerprint density at radius 2 is 1.89 bits per heavy atom. The average molecular weight is 245 g/mol. The second kappa shape index (κ2) is 6.38. The van der Waals surface area contributed by atoms with Gasteiger partial charge < -0.3 is 5.32 Å². The van der Waals surface area contributed by atoms with Gasteiger partial charge in [-0.15, -0.1) is 0 Å². The van der Waals surface area contributed by atoms with Crippen LogP contribution in [0.15, 0.2) is 18.2 Å². The van der Waals surface area contributed by atoms with Gasteiger partial charge in [0.1, 0.15) is 0 Å². The van der Waals surface area contributed by atoms with Gasteiger partial charge in [-0.3, -0.25) is 0 Å². The van der Waals surface area contributed by atoms with Gasteiger partial charge in [-0.2, -0.15) is 0 Å². The Morgan fingerprint density at radius 3 is 2.56 bits per heavy atom. The summed E-state index contributed by atoms with van der Waals surface area (Å²) in [6.07, 6.45) is 7.81. The normalized spacial score (nSPS) is 18.2. The zero-order valence-electron chi connectivity index (χ0n) is 12.1. The molecule has 2 rings (SSSR count). The lowest BCUT2D eigenvalue weighted by molar-refractivity contribution is 0.421. The van der Waals surface area contributed by atoms with E-state index in [4.69, 9.17) is 0 Å². The van der Waals surface area contributed by atoms with Gasteiger partial charge >= 0.3 is 0 Å². The summed E-state index contributed by atoms with van der Waals surface area (Å²) < 4.78 is 0. The topological polar surface area (TPSA) is 12.0 Å². The van der Waals surface area contributed by atoms with Crippen LogP contribution in [0.25, 0.3) is 0 Å². The van der Waals surface area contributed by atoms with Crippen molar-refractivity contribution in [2.75, 3.05) is 7.05 Å². The van der Waals surface area contributed by atoms with Crippen molar-refractivity contribution in [3.8, 4) is 0 Å². The van der Waals surface area contributed by atoms with Crippen molar-refractivity contribution in [1.82, 2.24) is 5.32 Å². The molecule has 0 saturated carbocycles. The van der Waals surface area contributed by atoms with E-state index in [0.717, 1.165) is 5.92 Å². The first-order chi connectivity index (χ1) is 8.74. The summed E-state index contributed by atoms with van der Waals surface area (Å²) in [6.45, 7) is 4.63. The van der Waals surface area contributed by atoms with Crippen molar-refractivity contribution in [2.45, 2.75) is 58.4 Å². The Bertz CT molecular complexity index is 383. The fourth-order valence-electron chi connectivity index (χ4n) is 2.96. The number of hydrogen-bond donors (Lipinski definition) is 1. The van der Waals surface area contributed by atoms with E-state index in [1.54, 1.807) is 11.1 Å². The van der Waals surface area contributed by atoms with Crippen LogP contribution < -0.4 is 5.32 Å². The fraction of sp³-hybridized carbons (Fsp3) is 0.647. The molecule has 0 fully saturated rings. The van der Waals surface area contributed by atoms with Gasteiger partial charge in [0.05, 0.1) is 0 Å². The van der Waals surface area contributed by atoms with Crippen LogP contribution in [0.5, 0.6) is 0 Å². The van der Waals surface area contributed by atoms with Crippen LogP contribution >= 0.6 is 0 Å². The van der Waals surface area contributed by atoms with E-state index in [0.29, 0.717) is 6.04 Å². The third kappa shape index (κ3) is 3.14. The summed E-state index contributed by atoms with van der Waals surface area (Å²) in [4.78, 5) is 0. The molecule has 1 aliphatic carbocycles. The number of hydrogen-bond acceptors (Lipinski definition) is 1. The van der Waals surface area contributed by atoms with Crippen LogP contribution in [0.2, 0.25) is 0 Å². The zero-order chi connectivity index (χ0) is 13.0. The lowest BCUT2D eigenvalue weighted by atomic mass is 9.87. The predicted molar refractivity (Wildman–Crippen MR) is 79.0 cm³/mol. The highest BCUT2D eigenvalue weighted by Crippen LogP contribution is 2.28. The Balaban J connectivity index is 2.15. The molecule has 1 aliphatic rings. The van der Waals surface area contributed by atoms with Crippen LogP contribution in [0.4, 0.5) is 0 Å². The van der Waals surface area contributed by atoms with E-state index < -0.39 is 0 Å². The second-order valence-electron chi connectivity index (χ2n) is 5.83. The van der Waals surface area contributed by atoms with Crippen LogP contribution in [0.3, 0.4) is 0 Å². The van der Waals surface area contributed by atoms with Crippen LogP contribution in [0, 0.1) is 5.92 Å². The summed E-state index contributed by atoms with van der Waals surface area (Å²) in [6, 6.07) is 7.68. The minimum Gasteiger partial charge on any atom is -0.313 e. The van der Waals surface area contributed by atoms with Gasteiger partial charge in [0.2, 0.25) is 0 Å². The molecule has 0 bridgehead atoms. The van der Waals surface area contributed by atoms with Gasteiger partial charge in [-0.25, -0.2) is 0 Å². The number of benzene rings is 1. The summed E-state index contributed by atoms with van der Waals surface area (Å²) in [7, 11) is 2.09. The molecule has 1 nitrogen and oxygen atoms in total. The van der Waals surface area contributed by atoms with Crippen LogP contribution in [-0.2, 0) is 12.8 Å². The molecule has 1 aromatic rings. The molecule has 1 heteroatoms. The molecule has 2 unspecified atom stereocenters. The molecule has 0 radical (unpaired) electrons. The molecule has 2 atom stereocenters. The van der Waals surface area contributed by atoms with Gasteiger partial charge in [0, 0.05) is 6.04 Å². The maximum Gasteiger partial charge on any atom is 0.0320 e. The Labute approximate surface area is 112 Å². The third-order valence-electron chi connectivity index (χ3n) is 4.46. The first kappa shape index (κ1) is 13.6. The number of fused-ring (bicyclic) bond motifs is 1. The summed E-state index contributed by atoms with van der Waals surface area (Å²) >= 11 is 0. The fourth-order valence-corrected chi connectivity index (χ4v) is 2.96. The molecule has 1 aromatic carbocycles. The maximum atomic E-state index is 3.49. The first-order valence-corrected chi connectivity index (χ1v) is 7.53. The highest BCUT2D eigenvalue weighted by molar-refractivity contribution is 5.35. The standard InChI is InChI=1S/C17H27N/c1-4-13(2)11-17(18-3)16-10-9-14-7-5-6-8-15(14)12-16/h9-10,12-13,17-18H,4-8,11H2,1-3H3. The highest BCUT2D eigenvalue weighted by atomic mass is 14.9. The molecule has 100 valence electrons. The van der Waals surface area contributed by atoms with E-state index in [1.165, 1.54) is 44.1 Å². The van der Waals surface area contributed by atoms with E-state index in [1.807, 2.05) is 0 Å². The van der Waals surface area contributed by atoms with Crippen molar-refractivity contribution < 1.29 is 0 Å². The van der Waals surface area contributed by atoms with Crippen molar-refractivity contribution in [1.29, 1.82) is 0 Å². The Kier molecular flexibility index (Phi) is 4.82. The smallest absolute Gasteiger partial charge is 0.0320 e. The van der Waals surface area contributed by atoms with Crippen molar-refractivity contribution in [3.05, 3.63) is 34.9 Å². The van der Waals surface area contributed by atoms with Crippen LogP contribution in [-0.4, -0.2) is 7.05 Å². The van der Waals surface area contributed by atoms with Crippen molar-refractivity contribution >= 4 is 0 Å². The number of nitrogens with one attached hydrogen (secondary N) is 1.